The zero-order valence-electron chi connectivity index (χ0n) is 10.2. The molecule has 1 aliphatic heterocycles. The van der Waals surface area contributed by atoms with Crippen molar-refractivity contribution in [2.75, 3.05) is 25.1 Å². The minimum atomic E-state index is 0.282. The number of aromatic nitrogens is 2. The molecule has 4 nitrogen and oxygen atoms in total. The largest absolute Gasteiger partial charge is 0.381 e. The van der Waals surface area contributed by atoms with E-state index >= 15 is 0 Å². The smallest absolute Gasteiger partial charge is 0.135 e. The molecule has 0 radical (unpaired) electrons. The quantitative estimate of drug-likeness (QED) is 0.841. The van der Waals surface area contributed by atoms with Crippen molar-refractivity contribution in [3.63, 3.8) is 0 Å². The van der Waals surface area contributed by atoms with Crippen molar-refractivity contribution in [3.8, 4) is 0 Å². The van der Waals surface area contributed by atoms with Crippen molar-refractivity contribution in [1.82, 2.24) is 9.97 Å². The van der Waals surface area contributed by atoms with Gasteiger partial charge in [0.25, 0.3) is 0 Å². The van der Waals surface area contributed by atoms with Gasteiger partial charge in [0.05, 0.1) is 6.61 Å². The molecule has 0 amide bonds. The van der Waals surface area contributed by atoms with E-state index in [1.807, 2.05) is 0 Å². The number of halogens is 1. The highest BCUT2D eigenvalue weighted by molar-refractivity contribution is 6.29. The number of hydrogen-bond acceptors (Lipinski definition) is 4. The van der Waals surface area contributed by atoms with Crippen LogP contribution in [0.5, 0.6) is 0 Å². The van der Waals surface area contributed by atoms with Crippen LogP contribution in [0.2, 0.25) is 5.15 Å². The van der Waals surface area contributed by atoms with E-state index in [9.17, 15) is 0 Å². The van der Waals surface area contributed by atoms with Gasteiger partial charge in [-0.2, -0.15) is 0 Å². The molecule has 2 heterocycles. The average Bonchev–Trinajstić information content (AvgIpc) is 2.78. The Kier molecular flexibility index (Phi) is 4.18. The van der Waals surface area contributed by atoms with Gasteiger partial charge >= 0.3 is 0 Å². The van der Waals surface area contributed by atoms with Crippen molar-refractivity contribution < 1.29 is 4.74 Å². The van der Waals surface area contributed by atoms with E-state index in [-0.39, 0.29) is 5.92 Å². The molecule has 1 aliphatic rings. The number of anilines is 1. The maximum atomic E-state index is 5.97. The van der Waals surface area contributed by atoms with Gasteiger partial charge in [0.1, 0.15) is 16.8 Å². The first-order valence-corrected chi connectivity index (χ1v) is 6.39. The van der Waals surface area contributed by atoms with Gasteiger partial charge in [-0.05, 0) is 6.42 Å². The lowest BCUT2D eigenvalue weighted by Gasteiger charge is -2.12. The van der Waals surface area contributed by atoms with Crippen LogP contribution in [-0.4, -0.2) is 29.7 Å². The summed E-state index contributed by atoms with van der Waals surface area (Å²) in [5, 5.41) is 3.80. The summed E-state index contributed by atoms with van der Waals surface area (Å²) in [5.74, 6) is 2.44. The summed E-state index contributed by atoms with van der Waals surface area (Å²) in [6, 6.07) is 1.77. The van der Waals surface area contributed by atoms with Crippen molar-refractivity contribution in [1.29, 1.82) is 0 Å². The molecule has 1 unspecified atom stereocenters. The molecule has 0 bridgehead atoms. The fourth-order valence-electron chi connectivity index (χ4n) is 1.78. The molecule has 0 aliphatic carbocycles. The van der Waals surface area contributed by atoms with E-state index in [2.05, 4.69) is 29.1 Å². The average molecular weight is 256 g/mol. The molecule has 1 atom stereocenters. The van der Waals surface area contributed by atoms with Gasteiger partial charge in [0.2, 0.25) is 0 Å². The van der Waals surface area contributed by atoms with Crippen LogP contribution in [-0.2, 0) is 4.74 Å². The topological polar surface area (TPSA) is 47.0 Å². The molecule has 0 spiro atoms. The van der Waals surface area contributed by atoms with Crippen LogP contribution in [0.3, 0.4) is 0 Å². The zero-order chi connectivity index (χ0) is 12.3. The first kappa shape index (κ1) is 12.6. The third-order valence-electron chi connectivity index (χ3n) is 2.82. The van der Waals surface area contributed by atoms with Crippen molar-refractivity contribution >= 4 is 17.4 Å². The van der Waals surface area contributed by atoms with Crippen molar-refractivity contribution in [2.45, 2.75) is 26.2 Å². The zero-order valence-corrected chi connectivity index (χ0v) is 11.0. The van der Waals surface area contributed by atoms with Crippen LogP contribution in [0.25, 0.3) is 0 Å². The molecule has 0 aromatic carbocycles. The fraction of sp³-hybridized carbons (Fsp3) is 0.667. The molecule has 5 heteroatoms. The molecule has 1 fully saturated rings. The molecular weight excluding hydrogens is 238 g/mol. The predicted octanol–water partition coefficient (Wildman–Crippen LogP) is 2.70. The minimum absolute atomic E-state index is 0.282. The van der Waals surface area contributed by atoms with Gasteiger partial charge in [0, 0.05) is 31.1 Å². The molecule has 2 rings (SSSR count). The summed E-state index contributed by atoms with van der Waals surface area (Å²) in [6.07, 6.45) is 1.11. The number of nitrogens with one attached hydrogen (secondary N) is 1. The van der Waals surface area contributed by atoms with Gasteiger partial charge in [-0.15, -0.1) is 0 Å². The van der Waals surface area contributed by atoms with Crippen molar-refractivity contribution in [3.05, 3.63) is 17.0 Å². The van der Waals surface area contributed by atoms with Crippen LogP contribution in [0.15, 0.2) is 6.07 Å². The van der Waals surface area contributed by atoms with Crippen LogP contribution < -0.4 is 5.32 Å². The standard InChI is InChI=1S/C12H18ClN3O/c1-8(2)12-15-10(13)5-11(16-12)14-6-9-3-4-17-7-9/h5,8-9H,3-4,6-7H2,1-2H3,(H,14,15,16). The lowest BCUT2D eigenvalue weighted by Crippen LogP contribution is -2.15. The van der Waals surface area contributed by atoms with Crippen LogP contribution in [0, 0.1) is 5.92 Å². The molecule has 94 valence electrons. The Labute approximate surface area is 107 Å². The van der Waals surface area contributed by atoms with Crippen LogP contribution >= 0.6 is 11.6 Å². The van der Waals surface area contributed by atoms with Gasteiger partial charge < -0.3 is 10.1 Å². The number of ether oxygens (including phenoxy) is 1. The predicted molar refractivity (Wildman–Crippen MR) is 68.5 cm³/mol. The number of nitrogens with zero attached hydrogens (tertiary/aromatic N) is 2. The Bertz CT molecular complexity index is 378. The summed E-state index contributed by atoms with van der Waals surface area (Å²) in [7, 11) is 0. The monoisotopic (exact) mass is 255 g/mol. The number of rotatable bonds is 4. The Balaban J connectivity index is 1.99. The SMILES string of the molecule is CC(C)c1nc(Cl)cc(NCC2CCOC2)n1. The second kappa shape index (κ2) is 5.65. The third kappa shape index (κ3) is 3.54. The fourth-order valence-corrected chi connectivity index (χ4v) is 1.97. The van der Waals surface area contributed by atoms with Crippen molar-refractivity contribution in [2.24, 2.45) is 5.92 Å². The van der Waals surface area contributed by atoms with E-state index in [1.54, 1.807) is 6.07 Å². The molecule has 1 saturated heterocycles. The van der Waals surface area contributed by atoms with E-state index < -0.39 is 0 Å². The Morgan fingerprint density at radius 1 is 1.53 bits per heavy atom. The van der Waals surface area contributed by atoms with Gasteiger partial charge in [-0.25, -0.2) is 9.97 Å². The summed E-state index contributed by atoms with van der Waals surface area (Å²) in [4.78, 5) is 8.65. The normalized spacial score (nSPS) is 19.9. The lowest BCUT2D eigenvalue weighted by molar-refractivity contribution is 0.187. The molecule has 1 N–H and O–H groups in total. The highest BCUT2D eigenvalue weighted by Gasteiger charge is 2.15. The third-order valence-corrected chi connectivity index (χ3v) is 3.02. The number of hydrogen-bond donors (Lipinski definition) is 1. The minimum Gasteiger partial charge on any atom is -0.381 e. The van der Waals surface area contributed by atoms with E-state index in [4.69, 9.17) is 16.3 Å². The molecule has 1 aromatic rings. The van der Waals surface area contributed by atoms with Gasteiger partial charge in [0.15, 0.2) is 0 Å². The first-order valence-electron chi connectivity index (χ1n) is 6.01. The maximum absolute atomic E-state index is 5.97. The van der Waals surface area contributed by atoms with E-state index in [0.29, 0.717) is 11.1 Å². The summed E-state index contributed by atoms with van der Waals surface area (Å²) >= 11 is 5.97. The van der Waals surface area contributed by atoms with E-state index in [1.165, 1.54) is 0 Å². The van der Waals surface area contributed by atoms with Crippen LogP contribution in [0.1, 0.15) is 32.0 Å². The Morgan fingerprint density at radius 3 is 3.00 bits per heavy atom. The summed E-state index contributed by atoms with van der Waals surface area (Å²) < 4.78 is 5.33. The highest BCUT2D eigenvalue weighted by Crippen LogP contribution is 2.18. The molecule has 1 aromatic heterocycles. The lowest BCUT2D eigenvalue weighted by atomic mass is 10.1. The van der Waals surface area contributed by atoms with Gasteiger partial charge in [-0.1, -0.05) is 25.4 Å². The Morgan fingerprint density at radius 2 is 2.35 bits per heavy atom. The maximum Gasteiger partial charge on any atom is 0.135 e. The highest BCUT2D eigenvalue weighted by atomic mass is 35.5. The molecular formula is C12H18ClN3O. The van der Waals surface area contributed by atoms with E-state index in [0.717, 1.165) is 37.8 Å². The van der Waals surface area contributed by atoms with Crippen LogP contribution in [0.4, 0.5) is 5.82 Å². The van der Waals surface area contributed by atoms with Gasteiger partial charge in [-0.3, -0.25) is 0 Å². The molecule has 17 heavy (non-hydrogen) atoms. The molecule has 0 saturated carbocycles. The second-order valence-electron chi connectivity index (χ2n) is 4.70. The first-order chi connectivity index (χ1) is 8.15. The second-order valence-corrected chi connectivity index (χ2v) is 5.09. The Hall–Kier alpha value is -0.870. The summed E-state index contributed by atoms with van der Waals surface area (Å²) in [5.41, 5.74) is 0. The summed E-state index contributed by atoms with van der Waals surface area (Å²) in [6.45, 7) is 6.70.